The van der Waals surface area contributed by atoms with E-state index in [9.17, 15) is 14.7 Å². The van der Waals surface area contributed by atoms with Crippen molar-refractivity contribution in [3.63, 3.8) is 0 Å². The molecule has 1 aromatic carbocycles. The average Bonchev–Trinajstić information content (AvgIpc) is 3.06. The monoisotopic (exact) mass is 330 g/mol. The number of hydrogen-bond acceptors (Lipinski definition) is 5. The number of aryl methyl sites for hydroxylation is 1. The van der Waals surface area contributed by atoms with Crippen LogP contribution in [0.5, 0.6) is 0 Å². The smallest absolute Gasteiger partial charge is 0.329 e. The van der Waals surface area contributed by atoms with E-state index in [4.69, 9.17) is 9.26 Å². The summed E-state index contributed by atoms with van der Waals surface area (Å²) in [6.45, 7) is 2.56. The van der Waals surface area contributed by atoms with Crippen LogP contribution in [0.15, 0.2) is 34.9 Å². The molecule has 0 atom stereocenters. The second-order valence-electron chi connectivity index (χ2n) is 5.90. The number of carbonyl (C=O) groups is 2. The highest BCUT2D eigenvalue weighted by Gasteiger charge is 2.42. The van der Waals surface area contributed by atoms with Crippen molar-refractivity contribution in [2.75, 3.05) is 13.2 Å². The summed E-state index contributed by atoms with van der Waals surface area (Å²) >= 11 is 0. The molecule has 0 bridgehead atoms. The van der Waals surface area contributed by atoms with Gasteiger partial charge in [0.1, 0.15) is 11.2 Å². The number of rotatable bonds is 4. The quantitative estimate of drug-likeness (QED) is 0.889. The molecule has 1 amide bonds. The van der Waals surface area contributed by atoms with Gasteiger partial charge < -0.3 is 19.7 Å². The van der Waals surface area contributed by atoms with Crippen molar-refractivity contribution in [1.29, 1.82) is 0 Å². The summed E-state index contributed by atoms with van der Waals surface area (Å²) in [5.74, 6) is -1.68. The van der Waals surface area contributed by atoms with E-state index in [0.29, 0.717) is 5.69 Å². The molecule has 0 aliphatic carbocycles. The van der Waals surface area contributed by atoms with Gasteiger partial charge in [0.25, 0.3) is 5.91 Å². The van der Waals surface area contributed by atoms with Crippen molar-refractivity contribution in [2.45, 2.75) is 25.3 Å². The maximum absolute atomic E-state index is 12.4. The largest absolute Gasteiger partial charge is 0.480 e. The maximum atomic E-state index is 12.4. The number of aliphatic carboxylic acids is 1. The van der Waals surface area contributed by atoms with E-state index in [-0.39, 0.29) is 31.8 Å². The van der Waals surface area contributed by atoms with Gasteiger partial charge in [0, 0.05) is 37.7 Å². The van der Waals surface area contributed by atoms with Gasteiger partial charge in [0.05, 0.1) is 0 Å². The van der Waals surface area contributed by atoms with Gasteiger partial charge in [-0.15, -0.1) is 0 Å². The van der Waals surface area contributed by atoms with E-state index in [1.807, 2.05) is 31.2 Å². The molecule has 1 fully saturated rings. The lowest BCUT2D eigenvalue weighted by Crippen LogP contribution is -2.57. The summed E-state index contributed by atoms with van der Waals surface area (Å²) in [7, 11) is 0. The predicted octanol–water partition coefficient (Wildman–Crippen LogP) is 2.01. The molecule has 1 aromatic heterocycles. The minimum atomic E-state index is -1.33. The molecule has 7 nitrogen and oxygen atoms in total. The summed E-state index contributed by atoms with van der Waals surface area (Å²) in [6.07, 6.45) is 0.431. The molecule has 1 saturated heterocycles. The number of amides is 1. The van der Waals surface area contributed by atoms with Crippen LogP contribution in [-0.4, -0.2) is 40.9 Å². The SMILES string of the molecule is Cc1ccc(-c2cc(C(=O)NC3(C(=O)O)CCOCC3)on2)cc1. The number of nitrogens with zero attached hydrogens (tertiary/aromatic N) is 1. The van der Waals surface area contributed by atoms with E-state index in [1.165, 1.54) is 6.07 Å². The summed E-state index contributed by atoms with van der Waals surface area (Å²) in [6, 6.07) is 9.14. The zero-order chi connectivity index (χ0) is 17.2. The first-order valence-corrected chi connectivity index (χ1v) is 7.68. The maximum Gasteiger partial charge on any atom is 0.329 e. The fourth-order valence-electron chi connectivity index (χ4n) is 2.63. The topological polar surface area (TPSA) is 102 Å². The van der Waals surface area contributed by atoms with Crippen molar-refractivity contribution in [2.24, 2.45) is 0 Å². The first-order chi connectivity index (χ1) is 11.5. The van der Waals surface area contributed by atoms with Crippen molar-refractivity contribution >= 4 is 11.9 Å². The van der Waals surface area contributed by atoms with Gasteiger partial charge in [-0.2, -0.15) is 0 Å². The van der Waals surface area contributed by atoms with Crippen LogP contribution in [0.25, 0.3) is 11.3 Å². The third kappa shape index (κ3) is 3.16. The second kappa shape index (κ2) is 6.45. The third-order valence-corrected chi connectivity index (χ3v) is 4.19. The molecule has 0 saturated carbocycles. The number of aromatic nitrogens is 1. The van der Waals surface area contributed by atoms with Crippen LogP contribution in [0.4, 0.5) is 0 Å². The molecule has 2 N–H and O–H groups in total. The standard InChI is InChI=1S/C17H18N2O5/c1-11-2-4-12(5-3-11)13-10-14(24-19-13)15(20)18-17(16(21)22)6-8-23-9-7-17/h2-5,10H,6-9H2,1H3,(H,18,20)(H,21,22). The minimum absolute atomic E-state index is 0.0160. The Bertz CT molecular complexity index is 745. The van der Waals surface area contributed by atoms with Gasteiger partial charge in [-0.25, -0.2) is 4.79 Å². The van der Waals surface area contributed by atoms with Crippen LogP contribution in [0.3, 0.4) is 0 Å². The van der Waals surface area contributed by atoms with E-state index in [0.717, 1.165) is 11.1 Å². The number of nitrogens with one attached hydrogen (secondary N) is 1. The first kappa shape index (κ1) is 16.2. The van der Waals surface area contributed by atoms with Crippen LogP contribution in [0.1, 0.15) is 29.0 Å². The molecule has 24 heavy (non-hydrogen) atoms. The molecular weight excluding hydrogens is 312 g/mol. The highest BCUT2D eigenvalue weighted by molar-refractivity contribution is 5.96. The average molecular weight is 330 g/mol. The minimum Gasteiger partial charge on any atom is -0.480 e. The van der Waals surface area contributed by atoms with Gasteiger partial charge >= 0.3 is 5.97 Å². The Morgan fingerprint density at radius 2 is 1.88 bits per heavy atom. The lowest BCUT2D eigenvalue weighted by Gasteiger charge is -2.33. The van der Waals surface area contributed by atoms with Gasteiger partial charge in [0.15, 0.2) is 0 Å². The first-order valence-electron chi connectivity index (χ1n) is 7.68. The third-order valence-electron chi connectivity index (χ3n) is 4.19. The van der Waals surface area contributed by atoms with Crippen LogP contribution in [-0.2, 0) is 9.53 Å². The van der Waals surface area contributed by atoms with Gasteiger partial charge in [-0.3, -0.25) is 4.79 Å². The van der Waals surface area contributed by atoms with Crippen molar-refractivity contribution in [3.05, 3.63) is 41.7 Å². The number of ether oxygens (including phenoxy) is 1. The van der Waals surface area contributed by atoms with Crippen molar-refractivity contribution in [3.8, 4) is 11.3 Å². The van der Waals surface area contributed by atoms with Gasteiger partial charge in [0.2, 0.25) is 5.76 Å². The molecule has 0 spiro atoms. The molecule has 0 unspecified atom stereocenters. The fourth-order valence-corrected chi connectivity index (χ4v) is 2.63. The van der Waals surface area contributed by atoms with E-state index in [1.54, 1.807) is 0 Å². The lowest BCUT2D eigenvalue weighted by molar-refractivity contribution is -0.148. The Morgan fingerprint density at radius 1 is 1.21 bits per heavy atom. The Hall–Kier alpha value is -2.67. The molecule has 0 radical (unpaired) electrons. The highest BCUT2D eigenvalue weighted by Crippen LogP contribution is 2.23. The Labute approximate surface area is 138 Å². The number of hydrogen-bond donors (Lipinski definition) is 2. The van der Waals surface area contributed by atoms with Crippen molar-refractivity contribution < 1.29 is 24.0 Å². The summed E-state index contributed by atoms with van der Waals surface area (Å²) < 4.78 is 10.3. The fraction of sp³-hybridized carbons (Fsp3) is 0.353. The number of benzene rings is 1. The van der Waals surface area contributed by atoms with Crippen LogP contribution in [0, 0.1) is 6.92 Å². The molecule has 126 valence electrons. The molecule has 7 heteroatoms. The zero-order valence-corrected chi connectivity index (χ0v) is 13.2. The number of carboxylic acid groups (broad SMARTS) is 1. The molecule has 2 heterocycles. The Morgan fingerprint density at radius 3 is 2.50 bits per heavy atom. The summed E-state index contributed by atoms with van der Waals surface area (Å²) in [5.41, 5.74) is 1.13. The molecule has 1 aliphatic heterocycles. The zero-order valence-electron chi connectivity index (χ0n) is 13.2. The Balaban J connectivity index is 1.78. The van der Waals surface area contributed by atoms with Gasteiger partial charge in [-0.05, 0) is 6.92 Å². The summed E-state index contributed by atoms with van der Waals surface area (Å²) in [5, 5.41) is 15.9. The van der Waals surface area contributed by atoms with E-state index >= 15 is 0 Å². The van der Waals surface area contributed by atoms with Crippen LogP contribution < -0.4 is 5.32 Å². The molecule has 2 aromatic rings. The normalized spacial score (nSPS) is 16.5. The van der Waals surface area contributed by atoms with Gasteiger partial charge in [-0.1, -0.05) is 35.0 Å². The second-order valence-corrected chi connectivity index (χ2v) is 5.90. The van der Waals surface area contributed by atoms with E-state index in [2.05, 4.69) is 10.5 Å². The lowest BCUT2D eigenvalue weighted by atomic mass is 9.90. The highest BCUT2D eigenvalue weighted by atomic mass is 16.5. The molecule has 3 rings (SSSR count). The number of carboxylic acids is 1. The molecule has 1 aliphatic rings. The van der Waals surface area contributed by atoms with Crippen LogP contribution in [0.2, 0.25) is 0 Å². The van der Waals surface area contributed by atoms with Crippen molar-refractivity contribution in [1.82, 2.24) is 10.5 Å². The summed E-state index contributed by atoms with van der Waals surface area (Å²) in [4.78, 5) is 24.0. The predicted molar refractivity (Wildman–Crippen MR) is 84.6 cm³/mol. The van der Waals surface area contributed by atoms with E-state index < -0.39 is 17.4 Å². The Kier molecular flexibility index (Phi) is 4.35. The number of carbonyl (C=O) groups excluding carboxylic acids is 1. The van der Waals surface area contributed by atoms with Crippen LogP contribution >= 0.6 is 0 Å². The molecular formula is C17H18N2O5.